The summed E-state index contributed by atoms with van der Waals surface area (Å²) in [5.74, 6) is -0.0516. The van der Waals surface area contributed by atoms with E-state index in [4.69, 9.17) is 0 Å². The van der Waals surface area contributed by atoms with Gasteiger partial charge in [-0.05, 0) is 44.0 Å². The van der Waals surface area contributed by atoms with Crippen molar-refractivity contribution in [3.63, 3.8) is 0 Å². The molecule has 5 heteroatoms. The number of halogens is 1. The molecule has 0 unspecified atom stereocenters. The third kappa shape index (κ3) is 2.58. The van der Waals surface area contributed by atoms with Crippen molar-refractivity contribution in [2.45, 2.75) is 26.2 Å². The van der Waals surface area contributed by atoms with E-state index in [1.807, 2.05) is 6.92 Å². The predicted octanol–water partition coefficient (Wildman–Crippen LogP) is 4.00. The van der Waals surface area contributed by atoms with Crippen molar-refractivity contribution in [3.05, 3.63) is 35.0 Å². The highest BCUT2D eigenvalue weighted by Crippen LogP contribution is 2.32. The van der Waals surface area contributed by atoms with Gasteiger partial charge < -0.3 is 5.32 Å². The minimum atomic E-state index is -0.264. The highest BCUT2D eigenvalue weighted by Gasteiger charge is 2.26. The fourth-order valence-corrected chi connectivity index (χ4v) is 3.04. The van der Waals surface area contributed by atoms with E-state index in [0.717, 1.165) is 35.4 Å². The first-order valence-corrected chi connectivity index (χ1v) is 7.49. The van der Waals surface area contributed by atoms with Crippen LogP contribution in [0.25, 0.3) is 11.3 Å². The average molecular weight is 290 g/mol. The third-order valence-electron chi connectivity index (χ3n) is 3.62. The third-order valence-corrected chi connectivity index (χ3v) is 4.51. The number of benzene rings is 1. The van der Waals surface area contributed by atoms with Crippen LogP contribution in [-0.4, -0.2) is 10.9 Å². The second-order valence-electron chi connectivity index (χ2n) is 5.05. The minimum absolute atomic E-state index is 0.0654. The summed E-state index contributed by atoms with van der Waals surface area (Å²) in [5, 5.41) is 3.50. The van der Waals surface area contributed by atoms with E-state index in [2.05, 4.69) is 10.3 Å². The molecule has 1 heterocycles. The zero-order valence-corrected chi connectivity index (χ0v) is 12.0. The number of thiazole rings is 1. The molecule has 0 atom stereocenters. The minimum Gasteiger partial charge on any atom is -0.302 e. The van der Waals surface area contributed by atoms with Crippen LogP contribution in [0.4, 0.5) is 9.52 Å². The van der Waals surface area contributed by atoms with Crippen LogP contribution < -0.4 is 5.32 Å². The van der Waals surface area contributed by atoms with E-state index in [-0.39, 0.29) is 17.6 Å². The number of carbonyl (C=O) groups is 1. The standard InChI is InChI=1S/C15H15FN2OS/c1-9-13(10-5-7-12(16)8-6-10)17-15(20-9)18-14(19)11-3-2-4-11/h5-8,11H,2-4H2,1H3,(H,17,18,19). The maximum Gasteiger partial charge on any atom is 0.229 e. The van der Waals surface area contributed by atoms with Crippen LogP contribution in [0.2, 0.25) is 0 Å². The van der Waals surface area contributed by atoms with Crippen molar-refractivity contribution < 1.29 is 9.18 Å². The van der Waals surface area contributed by atoms with E-state index >= 15 is 0 Å². The highest BCUT2D eigenvalue weighted by molar-refractivity contribution is 7.16. The smallest absolute Gasteiger partial charge is 0.229 e. The molecule has 0 spiro atoms. The van der Waals surface area contributed by atoms with Crippen molar-refractivity contribution in [2.75, 3.05) is 5.32 Å². The van der Waals surface area contributed by atoms with Gasteiger partial charge in [-0.1, -0.05) is 6.42 Å². The number of rotatable bonds is 3. The molecule has 0 aliphatic heterocycles. The molecule has 1 N–H and O–H groups in total. The summed E-state index contributed by atoms with van der Waals surface area (Å²) < 4.78 is 12.9. The first kappa shape index (κ1) is 13.2. The molecule has 20 heavy (non-hydrogen) atoms. The molecule has 1 aliphatic rings. The number of anilines is 1. The molecule has 1 aromatic heterocycles. The number of nitrogens with one attached hydrogen (secondary N) is 1. The molecule has 3 rings (SSSR count). The topological polar surface area (TPSA) is 42.0 Å². The van der Waals surface area contributed by atoms with Crippen LogP contribution in [-0.2, 0) is 4.79 Å². The Morgan fingerprint density at radius 2 is 2.05 bits per heavy atom. The van der Waals surface area contributed by atoms with Gasteiger partial charge in [-0.3, -0.25) is 4.79 Å². The van der Waals surface area contributed by atoms with Gasteiger partial charge in [-0.15, -0.1) is 11.3 Å². The number of carbonyl (C=O) groups excluding carboxylic acids is 1. The molecule has 3 nitrogen and oxygen atoms in total. The van der Waals surface area contributed by atoms with Crippen molar-refractivity contribution >= 4 is 22.4 Å². The fraction of sp³-hybridized carbons (Fsp3) is 0.333. The molecule has 2 aromatic rings. The van der Waals surface area contributed by atoms with Gasteiger partial charge in [-0.25, -0.2) is 9.37 Å². The van der Waals surface area contributed by atoms with E-state index in [1.54, 1.807) is 12.1 Å². The Labute approximate surface area is 120 Å². The van der Waals surface area contributed by atoms with Crippen LogP contribution in [0.1, 0.15) is 24.1 Å². The summed E-state index contributed by atoms with van der Waals surface area (Å²) in [6, 6.07) is 6.24. The van der Waals surface area contributed by atoms with Crippen molar-refractivity contribution in [2.24, 2.45) is 5.92 Å². The number of nitrogens with zero attached hydrogens (tertiary/aromatic N) is 1. The van der Waals surface area contributed by atoms with Gasteiger partial charge in [0.15, 0.2) is 5.13 Å². The van der Waals surface area contributed by atoms with Crippen LogP contribution >= 0.6 is 11.3 Å². The predicted molar refractivity (Wildman–Crippen MR) is 78.2 cm³/mol. The van der Waals surface area contributed by atoms with Crippen molar-refractivity contribution in [1.82, 2.24) is 4.98 Å². The average Bonchev–Trinajstić information content (AvgIpc) is 2.69. The van der Waals surface area contributed by atoms with Crippen LogP contribution in [0.3, 0.4) is 0 Å². The van der Waals surface area contributed by atoms with Gasteiger partial charge >= 0.3 is 0 Å². The van der Waals surface area contributed by atoms with Crippen LogP contribution in [0.5, 0.6) is 0 Å². The Bertz CT molecular complexity index is 632. The Kier molecular flexibility index (Phi) is 3.53. The van der Waals surface area contributed by atoms with Gasteiger partial charge in [0.25, 0.3) is 0 Å². The second-order valence-corrected chi connectivity index (χ2v) is 6.25. The molecule has 1 amide bonds. The summed E-state index contributed by atoms with van der Waals surface area (Å²) in [5.41, 5.74) is 1.67. The molecule has 0 bridgehead atoms. The summed E-state index contributed by atoms with van der Waals surface area (Å²) in [6.45, 7) is 1.95. The van der Waals surface area contributed by atoms with Gasteiger partial charge in [-0.2, -0.15) is 0 Å². The highest BCUT2D eigenvalue weighted by atomic mass is 32.1. The van der Waals surface area contributed by atoms with E-state index < -0.39 is 0 Å². The first-order valence-electron chi connectivity index (χ1n) is 6.68. The Balaban J connectivity index is 1.79. The fourth-order valence-electron chi connectivity index (χ4n) is 2.20. The lowest BCUT2D eigenvalue weighted by Crippen LogP contribution is -2.27. The Morgan fingerprint density at radius 3 is 2.65 bits per heavy atom. The number of aromatic nitrogens is 1. The number of aryl methyl sites for hydroxylation is 1. The molecule has 1 fully saturated rings. The Hall–Kier alpha value is -1.75. The first-order chi connectivity index (χ1) is 9.63. The van der Waals surface area contributed by atoms with Gasteiger partial charge in [0, 0.05) is 16.4 Å². The lowest BCUT2D eigenvalue weighted by atomic mass is 9.85. The summed E-state index contributed by atoms with van der Waals surface area (Å²) in [7, 11) is 0. The maximum atomic E-state index is 12.9. The maximum absolute atomic E-state index is 12.9. The molecule has 1 aliphatic carbocycles. The number of hydrogen-bond donors (Lipinski definition) is 1. The van der Waals surface area contributed by atoms with E-state index in [1.165, 1.54) is 23.5 Å². The van der Waals surface area contributed by atoms with Gasteiger partial charge in [0.05, 0.1) is 5.69 Å². The van der Waals surface area contributed by atoms with Crippen molar-refractivity contribution in [1.29, 1.82) is 0 Å². The lowest BCUT2D eigenvalue weighted by Gasteiger charge is -2.23. The lowest BCUT2D eigenvalue weighted by molar-refractivity contribution is -0.122. The van der Waals surface area contributed by atoms with E-state index in [0.29, 0.717) is 5.13 Å². The second kappa shape index (κ2) is 5.32. The van der Waals surface area contributed by atoms with E-state index in [9.17, 15) is 9.18 Å². The molecule has 0 saturated heterocycles. The molecule has 1 saturated carbocycles. The quantitative estimate of drug-likeness (QED) is 0.928. The molecule has 1 aromatic carbocycles. The monoisotopic (exact) mass is 290 g/mol. The zero-order valence-electron chi connectivity index (χ0n) is 11.1. The Morgan fingerprint density at radius 1 is 1.35 bits per heavy atom. The summed E-state index contributed by atoms with van der Waals surface area (Å²) in [6.07, 6.45) is 3.08. The number of hydrogen-bond acceptors (Lipinski definition) is 3. The normalized spacial score (nSPS) is 14.9. The van der Waals surface area contributed by atoms with Crippen molar-refractivity contribution in [3.8, 4) is 11.3 Å². The molecular weight excluding hydrogens is 275 g/mol. The van der Waals surface area contributed by atoms with Gasteiger partial charge in [0.1, 0.15) is 5.82 Å². The molecular formula is C15H15FN2OS. The largest absolute Gasteiger partial charge is 0.302 e. The van der Waals surface area contributed by atoms with Crippen LogP contribution in [0, 0.1) is 18.7 Å². The SMILES string of the molecule is Cc1sc(NC(=O)C2CCC2)nc1-c1ccc(F)cc1. The van der Waals surface area contributed by atoms with Crippen LogP contribution in [0.15, 0.2) is 24.3 Å². The summed E-state index contributed by atoms with van der Waals surface area (Å²) >= 11 is 1.46. The van der Waals surface area contributed by atoms with Gasteiger partial charge in [0.2, 0.25) is 5.91 Å². The number of amides is 1. The molecule has 0 radical (unpaired) electrons. The zero-order chi connectivity index (χ0) is 14.1. The summed E-state index contributed by atoms with van der Waals surface area (Å²) in [4.78, 5) is 17.4. The molecule has 104 valence electrons.